The van der Waals surface area contributed by atoms with Crippen molar-refractivity contribution in [3.05, 3.63) is 71.8 Å². The summed E-state index contributed by atoms with van der Waals surface area (Å²) in [6.45, 7) is 0.421. The lowest BCUT2D eigenvalue weighted by molar-refractivity contribution is -0.117. The van der Waals surface area contributed by atoms with Crippen molar-refractivity contribution in [2.75, 3.05) is 33.2 Å². The van der Waals surface area contributed by atoms with Crippen LogP contribution in [0.25, 0.3) is 11.6 Å². The molecule has 9 heteroatoms. The third-order valence-corrected chi connectivity index (χ3v) is 5.97. The highest BCUT2D eigenvalue weighted by molar-refractivity contribution is 6.24. The van der Waals surface area contributed by atoms with E-state index in [9.17, 15) is 19.8 Å². The minimum atomic E-state index is -0.285. The predicted octanol–water partition coefficient (Wildman–Crippen LogP) is 4.98. The van der Waals surface area contributed by atoms with Crippen molar-refractivity contribution in [2.45, 2.75) is 25.7 Å². The highest BCUT2D eigenvalue weighted by Crippen LogP contribution is 2.39. The number of hydrogen-bond donors (Lipinski definition) is 4. The second-order valence-corrected chi connectivity index (χ2v) is 8.70. The Bertz CT molecular complexity index is 1280. The molecule has 3 aromatic rings. The highest BCUT2D eigenvalue weighted by atomic mass is 16.5. The van der Waals surface area contributed by atoms with Crippen LogP contribution in [0.3, 0.4) is 0 Å². The molecular formula is C30H34N2O7. The predicted molar refractivity (Wildman–Crippen MR) is 150 cm³/mol. The fraction of sp³-hybridized carbons (Fsp3) is 0.267. The number of carbonyl (C=O) groups is 2. The molecule has 3 rings (SSSR count). The van der Waals surface area contributed by atoms with Gasteiger partial charge in [0.15, 0.2) is 11.5 Å². The number of carbonyl (C=O) groups excluding carboxylic acids is 2. The molecule has 0 saturated heterocycles. The normalized spacial score (nSPS) is 11.0. The maximum Gasteiger partial charge on any atom is 0.251 e. The first-order valence-electron chi connectivity index (χ1n) is 12.5. The van der Waals surface area contributed by atoms with Gasteiger partial charge in [0, 0.05) is 18.5 Å². The molecular weight excluding hydrogens is 500 g/mol. The first-order chi connectivity index (χ1) is 18.9. The number of benzene rings is 3. The van der Waals surface area contributed by atoms with Gasteiger partial charge in [-0.25, -0.2) is 0 Å². The fourth-order valence-corrected chi connectivity index (χ4v) is 3.95. The molecule has 0 fully saturated rings. The lowest BCUT2D eigenvalue weighted by Crippen LogP contribution is -2.25. The lowest BCUT2D eigenvalue weighted by Gasteiger charge is -2.14. The number of ether oxygens (including phenoxy) is 3. The number of amides is 2. The van der Waals surface area contributed by atoms with Crippen molar-refractivity contribution in [2.24, 2.45) is 0 Å². The topological polar surface area (TPSA) is 126 Å². The van der Waals surface area contributed by atoms with Crippen LogP contribution in [0.1, 0.15) is 36.8 Å². The fourth-order valence-electron chi connectivity index (χ4n) is 3.95. The largest absolute Gasteiger partial charge is 0.508 e. The van der Waals surface area contributed by atoms with Gasteiger partial charge in [0.1, 0.15) is 11.5 Å². The van der Waals surface area contributed by atoms with Crippen LogP contribution in [-0.4, -0.2) is 49.9 Å². The molecule has 206 valence electrons. The number of nitrogens with one attached hydrogen (secondary N) is 2. The van der Waals surface area contributed by atoms with E-state index in [-0.39, 0.29) is 23.3 Å². The molecule has 0 saturated carbocycles. The number of hydrogen-bond acceptors (Lipinski definition) is 7. The Morgan fingerprint density at radius 3 is 2.13 bits per heavy atom. The average molecular weight is 535 g/mol. The van der Waals surface area contributed by atoms with Crippen LogP contribution < -0.4 is 24.8 Å². The Labute approximate surface area is 228 Å². The first kappa shape index (κ1) is 28.9. The lowest BCUT2D eigenvalue weighted by atomic mass is 10.0. The molecule has 0 spiro atoms. The monoisotopic (exact) mass is 534 g/mol. The molecule has 0 aromatic heterocycles. The van der Waals surface area contributed by atoms with Crippen molar-refractivity contribution in [1.82, 2.24) is 5.32 Å². The van der Waals surface area contributed by atoms with E-state index in [0.29, 0.717) is 65.4 Å². The van der Waals surface area contributed by atoms with E-state index in [1.54, 1.807) is 48.5 Å². The summed E-state index contributed by atoms with van der Waals surface area (Å²) in [4.78, 5) is 25.4. The van der Waals surface area contributed by atoms with Crippen LogP contribution in [0.15, 0.2) is 60.7 Å². The molecule has 39 heavy (non-hydrogen) atoms. The summed E-state index contributed by atoms with van der Waals surface area (Å²) in [6.07, 6.45) is 4.08. The Morgan fingerprint density at radius 2 is 1.51 bits per heavy atom. The molecule has 0 radical (unpaired) electrons. The number of para-hydroxylation sites is 2. The number of phenolic OH excluding ortho intramolecular Hbond substituents is 2. The van der Waals surface area contributed by atoms with E-state index in [4.69, 9.17) is 14.2 Å². The molecule has 9 nitrogen and oxygen atoms in total. The van der Waals surface area contributed by atoms with Gasteiger partial charge in [-0.3, -0.25) is 9.59 Å². The zero-order chi connectivity index (χ0) is 28.2. The van der Waals surface area contributed by atoms with Crippen molar-refractivity contribution in [1.29, 1.82) is 0 Å². The Kier molecular flexibility index (Phi) is 10.6. The van der Waals surface area contributed by atoms with E-state index < -0.39 is 0 Å². The van der Waals surface area contributed by atoms with Crippen LogP contribution in [0.2, 0.25) is 0 Å². The Morgan fingerprint density at radius 1 is 0.846 bits per heavy atom. The molecule has 0 aliphatic heterocycles. The molecule has 0 aliphatic carbocycles. The summed E-state index contributed by atoms with van der Waals surface area (Å²) in [5.74, 6) is 1.02. The molecule has 4 N–H and O–H groups in total. The van der Waals surface area contributed by atoms with Gasteiger partial charge in [-0.15, -0.1) is 0 Å². The molecule has 0 unspecified atom stereocenters. The van der Waals surface area contributed by atoms with Gasteiger partial charge in [-0.2, -0.15) is 0 Å². The van der Waals surface area contributed by atoms with E-state index >= 15 is 0 Å². The van der Waals surface area contributed by atoms with Crippen molar-refractivity contribution in [3.63, 3.8) is 0 Å². The van der Waals surface area contributed by atoms with Gasteiger partial charge in [0.2, 0.25) is 11.7 Å². The van der Waals surface area contributed by atoms with Crippen molar-refractivity contribution < 1.29 is 34.0 Å². The maximum absolute atomic E-state index is 13.2. The summed E-state index contributed by atoms with van der Waals surface area (Å²) in [6, 6.07) is 16.4. The standard InChI is InChI=1S/C30H34N2O7/c1-37-26-18-20(19-27(38-2)29(26)39-3)17-23(21-12-14-22(33)15-13-21)30(36)31-16-8-4-5-11-28(35)32-24-9-6-7-10-25(24)34/h6-7,9-10,12-15,17-19,33-34H,4-5,8,11,16H2,1-3H3,(H,31,36)(H,32,35)/b23-17-. The molecule has 3 aromatic carbocycles. The third-order valence-electron chi connectivity index (χ3n) is 5.97. The SMILES string of the molecule is COc1cc(/C=C(\C(=O)NCCCCCC(=O)Nc2ccccc2O)c2ccc(O)cc2)cc(OC)c1OC. The van der Waals surface area contributed by atoms with E-state index in [0.717, 1.165) is 6.42 Å². The van der Waals surface area contributed by atoms with Crippen molar-refractivity contribution in [3.8, 4) is 28.7 Å². The van der Waals surface area contributed by atoms with Crippen LogP contribution in [0.4, 0.5) is 5.69 Å². The summed E-state index contributed by atoms with van der Waals surface area (Å²) in [7, 11) is 4.56. The highest BCUT2D eigenvalue weighted by Gasteiger charge is 2.16. The van der Waals surface area contributed by atoms with E-state index in [1.165, 1.54) is 39.5 Å². The number of anilines is 1. The van der Waals surface area contributed by atoms with E-state index in [1.807, 2.05) is 0 Å². The molecule has 0 aliphatic rings. The van der Waals surface area contributed by atoms with Gasteiger partial charge in [-0.1, -0.05) is 30.7 Å². The zero-order valence-electron chi connectivity index (χ0n) is 22.3. The first-order valence-corrected chi connectivity index (χ1v) is 12.5. The molecule has 2 amide bonds. The van der Waals surface area contributed by atoms with Gasteiger partial charge in [0.05, 0.1) is 27.0 Å². The number of methoxy groups -OCH3 is 3. The minimum Gasteiger partial charge on any atom is -0.508 e. The number of aromatic hydroxyl groups is 2. The smallest absolute Gasteiger partial charge is 0.251 e. The molecule has 0 atom stereocenters. The Hall–Kier alpha value is -4.66. The summed E-state index contributed by atoms with van der Waals surface area (Å²) in [5.41, 5.74) is 2.07. The molecule has 0 bridgehead atoms. The van der Waals surface area contributed by atoms with Crippen LogP contribution in [-0.2, 0) is 9.59 Å². The van der Waals surface area contributed by atoms with Gasteiger partial charge >= 0.3 is 0 Å². The Balaban J connectivity index is 1.63. The van der Waals surface area contributed by atoms with Gasteiger partial charge in [-0.05, 0) is 66.4 Å². The summed E-state index contributed by atoms with van der Waals surface area (Å²) < 4.78 is 16.2. The third kappa shape index (κ3) is 8.16. The van der Waals surface area contributed by atoms with Gasteiger partial charge < -0.3 is 35.1 Å². The zero-order valence-corrected chi connectivity index (χ0v) is 22.3. The molecule has 0 heterocycles. The number of phenols is 2. The maximum atomic E-state index is 13.2. The van der Waals surface area contributed by atoms with Crippen molar-refractivity contribution >= 4 is 29.2 Å². The van der Waals surface area contributed by atoms with E-state index in [2.05, 4.69) is 10.6 Å². The van der Waals surface area contributed by atoms with Crippen LogP contribution >= 0.6 is 0 Å². The second-order valence-electron chi connectivity index (χ2n) is 8.70. The van der Waals surface area contributed by atoms with Crippen LogP contribution in [0, 0.1) is 0 Å². The summed E-state index contributed by atoms with van der Waals surface area (Å²) >= 11 is 0. The van der Waals surface area contributed by atoms with Crippen LogP contribution in [0.5, 0.6) is 28.7 Å². The second kappa shape index (κ2) is 14.3. The quantitative estimate of drug-likeness (QED) is 0.105. The number of rotatable bonds is 13. The van der Waals surface area contributed by atoms with Gasteiger partial charge in [0.25, 0.3) is 5.91 Å². The number of unbranched alkanes of at least 4 members (excludes halogenated alkanes) is 2. The summed E-state index contributed by atoms with van der Waals surface area (Å²) in [5, 5.41) is 25.1. The minimum absolute atomic E-state index is 0.0255. The average Bonchev–Trinajstić information content (AvgIpc) is 2.94.